The Labute approximate surface area is 116 Å². The minimum absolute atomic E-state index is 0.0491. The number of aryl methyl sites for hydroxylation is 1. The van der Waals surface area contributed by atoms with Crippen molar-refractivity contribution in [3.8, 4) is 0 Å². The highest BCUT2D eigenvalue weighted by Gasteiger charge is 2.03. The van der Waals surface area contributed by atoms with Crippen molar-refractivity contribution < 1.29 is 9.90 Å². The van der Waals surface area contributed by atoms with Crippen LogP contribution < -0.4 is 5.32 Å². The zero-order chi connectivity index (χ0) is 13.5. The van der Waals surface area contributed by atoms with Gasteiger partial charge in [0.1, 0.15) is 0 Å². The molecule has 2 aromatic rings. The molecule has 0 saturated carbocycles. The number of rotatable bonds is 6. The molecule has 19 heavy (non-hydrogen) atoms. The Morgan fingerprint density at radius 1 is 1.16 bits per heavy atom. The predicted octanol–water partition coefficient (Wildman–Crippen LogP) is 2.49. The molecule has 0 aliphatic heterocycles. The van der Waals surface area contributed by atoms with Crippen LogP contribution in [0.4, 0.5) is 0 Å². The second-order valence-electron chi connectivity index (χ2n) is 4.33. The van der Waals surface area contributed by atoms with Gasteiger partial charge in [0, 0.05) is 17.8 Å². The maximum Gasteiger partial charge on any atom is 0.220 e. The van der Waals surface area contributed by atoms with Gasteiger partial charge < -0.3 is 10.4 Å². The first-order chi connectivity index (χ1) is 9.28. The molecule has 0 saturated heterocycles. The van der Waals surface area contributed by atoms with Gasteiger partial charge in [0.15, 0.2) is 0 Å². The van der Waals surface area contributed by atoms with E-state index in [2.05, 4.69) is 5.32 Å². The molecule has 2 rings (SSSR count). The normalized spacial score (nSPS) is 10.4. The van der Waals surface area contributed by atoms with Crippen molar-refractivity contribution in [3.05, 3.63) is 57.8 Å². The third kappa shape index (κ3) is 4.50. The maximum atomic E-state index is 11.7. The molecule has 0 aliphatic carbocycles. The lowest BCUT2D eigenvalue weighted by Crippen LogP contribution is -2.22. The fourth-order valence-corrected chi connectivity index (χ4v) is 2.45. The molecule has 0 unspecified atom stereocenters. The van der Waals surface area contributed by atoms with E-state index in [1.54, 1.807) is 11.3 Å². The van der Waals surface area contributed by atoms with Crippen molar-refractivity contribution in [2.75, 3.05) is 0 Å². The van der Waals surface area contributed by atoms with E-state index < -0.39 is 0 Å². The van der Waals surface area contributed by atoms with E-state index in [9.17, 15) is 4.79 Å². The number of carbonyl (C=O) groups excluding carboxylic acids is 1. The number of aliphatic hydroxyl groups excluding tert-OH is 1. The first-order valence-corrected chi connectivity index (χ1v) is 7.13. The summed E-state index contributed by atoms with van der Waals surface area (Å²) in [6.45, 7) is 0.586. The Kier molecular flexibility index (Phi) is 5.12. The number of amides is 1. The highest BCUT2D eigenvalue weighted by molar-refractivity contribution is 7.09. The summed E-state index contributed by atoms with van der Waals surface area (Å²) in [5, 5.41) is 13.9. The Morgan fingerprint density at radius 2 is 1.89 bits per heavy atom. The molecular formula is C15H17NO2S. The molecule has 0 spiro atoms. The van der Waals surface area contributed by atoms with E-state index in [-0.39, 0.29) is 12.5 Å². The van der Waals surface area contributed by atoms with Crippen LogP contribution in [-0.4, -0.2) is 11.0 Å². The number of benzene rings is 1. The Morgan fingerprint density at radius 3 is 2.53 bits per heavy atom. The lowest BCUT2D eigenvalue weighted by Gasteiger charge is -2.05. The van der Waals surface area contributed by atoms with Gasteiger partial charge in [-0.05, 0) is 29.0 Å². The molecule has 0 fully saturated rings. The van der Waals surface area contributed by atoms with Crippen LogP contribution >= 0.6 is 11.3 Å². The minimum atomic E-state index is 0.0491. The number of hydrogen-bond acceptors (Lipinski definition) is 3. The Bertz CT molecular complexity index is 505. The summed E-state index contributed by atoms with van der Waals surface area (Å²) >= 11 is 1.68. The number of nitrogens with one attached hydrogen (secondary N) is 1. The predicted molar refractivity (Wildman–Crippen MR) is 76.9 cm³/mol. The third-order valence-electron chi connectivity index (χ3n) is 2.87. The second kappa shape index (κ2) is 7.07. The van der Waals surface area contributed by atoms with E-state index in [0.717, 1.165) is 17.5 Å². The van der Waals surface area contributed by atoms with Crippen molar-refractivity contribution >= 4 is 17.2 Å². The molecule has 0 atom stereocenters. The highest BCUT2D eigenvalue weighted by atomic mass is 32.1. The smallest absolute Gasteiger partial charge is 0.220 e. The summed E-state index contributed by atoms with van der Waals surface area (Å²) in [6.07, 6.45) is 1.32. The number of thiophene rings is 1. The lowest BCUT2D eigenvalue weighted by molar-refractivity contribution is -0.121. The van der Waals surface area contributed by atoms with Gasteiger partial charge in [-0.1, -0.05) is 30.3 Å². The topological polar surface area (TPSA) is 49.3 Å². The van der Waals surface area contributed by atoms with Crippen LogP contribution in [0, 0.1) is 0 Å². The first-order valence-electron chi connectivity index (χ1n) is 6.25. The molecule has 1 heterocycles. The zero-order valence-electron chi connectivity index (χ0n) is 10.6. The van der Waals surface area contributed by atoms with Crippen molar-refractivity contribution in [1.29, 1.82) is 0 Å². The van der Waals surface area contributed by atoms with Crippen LogP contribution in [0.3, 0.4) is 0 Å². The average Bonchev–Trinajstić information content (AvgIpc) is 2.96. The van der Waals surface area contributed by atoms with Gasteiger partial charge in [0.25, 0.3) is 0 Å². The van der Waals surface area contributed by atoms with E-state index in [1.165, 1.54) is 4.88 Å². The van der Waals surface area contributed by atoms with Crippen LogP contribution in [0.15, 0.2) is 41.8 Å². The number of hydrogen-bond donors (Lipinski definition) is 2. The molecule has 1 aromatic heterocycles. The summed E-state index contributed by atoms with van der Waals surface area (Å²) in [5.41, 5.74) is 1.93. The van der Waals surface area contributed by atoms with E-state index >= 15 is 0 Å². The SMILES string of the molecule is O=C(CCc1cccs1)NCc1ccc(CO)cc1. The zero-order valence-corrected chi connectivity index (χ0v) is 11.5. The van der Waals surface area contributed by atoms with Gasteiger partial charge in [-0.25, -0.2) is 0 Å². The summed E-state index contributed by atoms with van der Waals surface area (Å²) in [6, 6.07) is 11.6. The number of aliphatic hydroxyl groups is 1. The molecule has 1 amide bonds. The average molecular weight is 275 g/mol. The van der Waals surface area contributed by atoms with Crippen LogP contribution in [0.25, 0.3) is 0 Å². The van der Waals surface area contributed by atoms with Gasteiger partial charge in [-0.2, -0.15) is 0 Å². The van der Waals surface area contributed by atoms with Crippen LogP contribution in [0.2, 0.25) is 0 Å². The minimum Gasteiger partial charge on any atom is -0.392 e. The van der Waals surface area contributed by atoms with E-state index in [4.69, 9.17) is 5.11 Å². The summed E-state index contributed by atoms with van der Waals surface area (Å²) < 4.78 is 0. The van der Waals surface area contributed by atoms with E-state index in [1.807, 2.05) is 41.8 Å². The van der Waals surface area contributed by atoms with Gasteiger partial charge in [-0.15, -0.1) is 11.3 Å². The maximum absolute atomic E-state index is 11.7. The lowest BCUT2D eigenvalue weighted by atomic mass is 10.1. The largest absolute Gasteiger partial charge is 0.392 e. The molecule has 4 heteroatoms. The van der Waals surface area contributed by atoms with Gasteiger partial charge >= 0.3 is 0 Å². The fourth-order valence-electron chi connectivity index (χ4n) is 1.74. The Hall–Kier alpha value is -1.65. The Balaban J connectivity index is 1.73. The molecular weight excluding hydrogens is 258 g/mol. The second-order valence-corrected chi connectivity index (χ2v) is 5.36. The highest BCUT2D eigenvalue weighted by Crippen LogP contribution is 2.10. The summed E-state index contributed by atoms with van der Waals surface area (Å²) in [7, 11) is 0. The van der Waals surface area contributed by atoms with Crippen molar-refractivity contribution in [3.63, 3.8) is 0 Å². The van der Waals surface area contributed by atoms with Gasteiger partial charge in [0.2, 0.25) is 5.91 Å². The van der Waals surface area contributed by atoms with Gasteiger partial charge in [-0.3, -0.25) is 4.79 Å². The molecule has 2 N–H and O–H groups in total. The van der Waals surface area contributed by atoms with Crippen molar-refractivity contribution in [2.24, 2.45) is 0 Å². The molecule has 3 nitrogen and oxygen atoms in total. The molecule has 0 aliphatic rings. The monoisotopic (exact) mass is 275 g/mol. The summed E-state index contributed by atoms with van der Waals surface area (Å²) in [4.78, 5) is 12.9. The number of carbonyl (C=O) groups is 1. The van der Waals surface area contributed by atoms with Crippen LogP contribution in [0.5, 0.6) is 0 Å². The quantitative estimate of drug-likeness (QED) is 0.851. The van der Waals surface area contributed by atoms with Gasteiger partial charge in [0.05, 0.1) is 6.61 Å². The first kappa shape index (κ1) is 13.8. The molecule has 100 valence electrons. The van der Waals surface area contributed by atoms with Crippen LogP contribution in [-0.2, 0) is 24.4 Å². The molecule has 0 radical (unpaired) electrons. The van der Waals surface area contributed by atoms with Crippen molar-refractivity contribution in [2.45, 2.75) is 26.0 Å². The van der Waals surface area contributed by atoms with E-state index in [0.29, 0.717) is 13.0 Å². The third-order valence-corrected chi connectivity index (χ3v) is 3.81. The standard InChI is InChI=1S/C15H17NO2S/c17-11-13-5-3-12(4-6-13)10-16-15(18)8-7-14-2-1-9-19-14/h1-6,9,17H,7-8,10-11H2,(H,16,18). The van der Waals surface area contributed by atoms with Crippen molar-refractivity contribution in [1.82, 2.24) is 5.32 Å². The molecule has 0 bridgehead atoms. The summed E-state index contributed by atoms with van der Waals surface area (Å²) in [5.74, 6) is 0.0691. The fraction of sp³-hybridized carbons (Fsp3) is 0.267. The molecule has 1 aromatic carbocycles. The van der Waals surface area contributed by atoms with Crippen LogP contribution in [0.1, 0.15) is 22.4 Å².